The Labute approximate surface area is 134 Å². The maximum absolute atomic E-state index is 13.1. The summed E-state index contributed by atoms with van der Waals surface area (Å²) in [4.78, 5) is 17.3. The first kappa shape index (κ1) is 14.1. The van der Waals surface area contributed by atoms with Gasteiger partial charge in [-0.15, -0.1) is 0 Å². The summed E-state index contributed by atoms with van der Waals surface area (Å²) in [5.41, 5.74) is 2.83. The van der Waals surface area contributed by atoms with E-state index in [0.29, 0.717) is 6.54 Å². The zero-order valence-electron chi connectivity index (χ0n) is 13.3. The van der Waals surface area contributed by atoms with Crippen LogP contribution in [-0.2, 0) is 20.0 Å². The van der Waals surface area contributed by atoms with Gasteiger partial charge in [-0.25, -0.2) is 4.98 Å². The number of aromatic hydroxyl groups is 1. The Bertz CT molecular complexity index is 920. The van der Waals surface area contributed by atoms with Crippen LogP contribution in [0.15, 0.2) is 30.6 Å². The van der Waals surface area contributed by atoms with Gasteiger partial charge in [0.15, 0.2) is 5.78 Å². The standard InChI is InChI=1S/C18H19N3O2/c1-11-19-7-8-21(11)10-12-3-6-15-17(18(12)23)14-5-4-13(22)9-16(14)20(15)2/h4-5,7-9,12,22H,3,6,10H2,1-2H3. The van der Waals surface area contributed by atoms with E-state index in [1.54, 1.807) is 18.3 Å². The molecule has 118 valence electrons. The molecule has 1 aliphatic carbocycles. The van der Waals surface area contributed by atoms with Gasteiger partial charge in [0.05, 0.1) is 5.52 Å². The van der Waals surface area contributed by atoms with Crippen LogP contribution in [0.4, 0.5) is 0 Å². The van der Waals surface area contributed by atoms with Gasteiger partial charge in [0.25, 0.3) is 0 Å². The van der Waals surface area contributed by atoms with Crippen molar-refractivity contribution in [2.75, 3.05) is 0 Å². The lowest BCUT2D eigenvalue weighted by Crippen LogP contribution is -2.27. The van der Waals surface area contributed by atoms with Crippen LogP contribution in [0.3, 0.4) is 0 Å². The molecule has 1 aliphatic rings. The Morgan fingerprint density at radius 3 is 2.96 bits per heavy atom. The number of ketones is 1. The summed E-state index contributed by atoms with van der Waals surface area (Å²) < 4.78 is 4.09. The van der Waals surface area contributed by atoms with Crippen molar-refractivity contribution in [2.45, 2.75) is 26.3 Å². The average molecular weight is 309 g/mol. The van der Waals surface area contributed by atoms with Crippen molar-refractivity contribution in [1.29, 1.82) is 0 Å². The number of phenolic OH excluding ortho intramolecular Hbond substituents is 1. The monoisotopic (exact) mass is 309 g/mol. The molecule has 2 heterocycles. The van der Waals surface area contributed by atoms with Gasteiger partial charge in [0.2, 0.25) is 0 Å². The van der Waals surface area contributed by atoms with E-state index in [9.17, 15) is 9.90 Å². The SMILES string of the molecule is Cc1nccn1CC1CCc2c(c3ccc(O)cc3n2C)C1=O. The molecule has 0 saturated carbocycles. The van der Waals surface area contributed by atoms with E-state index in [4.69, 9.17) is 0 Å². The summed E-state index contributed by atoms with van der Waals surface area (Å²) >= 11 is 0. The van der Waals surface area contributed by atoms with Gasteiger partial charge in [0, 0.05) is 54.6 Å². The molecular formula is C18H19N3O2. The molecule has 1 atom stereocenters. The molecule has 5 heteroatoms. The van der Waals surface area contributed by atoms with Crippen LogP contribution in [0, 0.1) is 12.8 Å². The van der Waals surface area contributed by atoms with Gasteiger partial charge >= 0.3 is 0 Å². The third-order valence-electron chi connectivity index (χ3n) is 4.99. The maximum atomic E-state index is 13.1. The van der Waals surface area contributed by atoms with Gasteiger partial charge in [-0.05, 0) is 31.9 Å². The van der Waals surface area contributed by atoms with E-state index < -0.39 is 0 Å². The lowest BCUT2D eigenvalue weighted by atomic mass is 9.85. The zero-order valence-corrected chi connectivity index (χ0v) is 13.3. The van der Waals surface area contributed by atoms with Crippen LogP contribution < -0.4 is 0 Å². The number of Topliss-reactive ketones (excluding diaryl/α,β-unsaturated/α-hetero) is 1. The summed E-state index contributed by atoms with van der Waals surface area (Å²) in [7, 11) is 1.97. The third-order valence-corrected chi connectivity index (χ3v) is 4.99. The first-order valence-corrected chi connectivity index (χ1v) is 7.88. The molecule has 2 aromatic heterocycles. The van der Waals surface area contributed by atoms with Crippen LogP contribution >= 0.6 is 0 Å². The molecule has 0 aliphatic heterocycles. The Hall–Kier alpha value is -2.56. The topological polar surface area (TPSA) is 60.0 Å². The number of benzene rings is 1. The van der Waals surface area contributed by atoms with Crippen molar-refractivity contribution >= 4 is 16.7 Å². The molecule has 4 rings (SSSR count). The maximum Gasteiger partial charge on any atom is 0.170 e. The fourth-order valence-electron chi connectivity index (χ4n) is 3.70. The Kier molecular flexibility index (Phi) is 3.04. The average Bonchev–Trinajstić information content (AvgIpc) is 3.05. The fraction of sp³-hybridized carbons (Fsp3) is 0.333. The first-order chi connectivity index (χ1) is 11.1. The molecule has 0 radical (unpaired) electrons. The second-order valence-corrected chi connectivity index (χ2v) is 6.31. The minimum Gasteiger partial charge on any atom is -0.508 e. The van der Waals surface area contributed by atoms with Crippen molar-refractivity contribution in [2.24, 2.45) is 13.0 Å². The molecule has 1 aromatic carbocycles. The highest BCUT2D eigenvalue weighted by molar-refractivity contribution is 6.11. The Morgan fingerprint density at radius 1 is 1.39 bits per heavy atom. The summed E-state index contributed by atoms with van der Waals surface area (Å²) in [6, 6.07) is 5.24. The largest absolute Gasteiger partial charge is 0.508 e. The quantitative estimate of drug-likeness (QED) is 0.792. The van der Waals surface area contributed by atoms with Crippen molar-refractivity contribution < 1.29 is 9.90 Å². The van der Waals surface area contributed by atoms with Crippen molar-refractivity contribution in [3.8, 4) is 5.75 Å². The normalized spacial score (nSPS) is 17.7. The number of carbonyl (C=O) groups excluding carboxylic acids is 1. The number of rotatable bonds is 2. The highest BCUT2D eigenvalue weighted by atomic mass is 16.3. The molecule has 0 bridgehead atoms. The molecule has 0 fully saturated rings. The molecule has 5 nitrogen and oxygen atoms in total. The van der Waals surface area contributed by atoms with Crippen molar-refractivity contribution in [3.63, 3.8) is 0 Å². The molecule has 23 heavy (non-hydrogen) atoms. The number of fused-ring (bicyclic) bond motifs is 3. The van der Waals surface area contributed by atoms with E-state index >= 15 is 0 Å². The van der Waals surface area contributed by atoms with Gasteiger partial charge in [0.1, 0.15) is 11.6 Å². The van der Waals surface area contributed by atoms with E-state index in [1.165, 1.54) is 0 Å². The second-order valence-electron chi connectivity index (χ2n) is 6.31. The molecule has 0 spiro atoms. The molecule has 0 amide bonds. The number of nitrogens with zero attached hydrogens (tertiary/aromatic N) is 3. The highest BCUT2D eigenvalue weighted by Gasteiger charge is 2.32. The van der Waals surface area contributed by atoms with E-state index in [0.717, 1.165) is 40.8 Å². The van der Waals surface area contributed by atoms with Crippen LogP contribution in [-0.4, -0.2) is 25.0 Å². The number of phenols is 1. The summed E-state index contributed by atoms with van der Waals surface area (Å²) in [5, 5.41) is 10.7. The highest BCUT2D eigenvalue weighted by Crippen LogP contribution is 2.35. The van der Waals surface area contributed by atoms with Gasteiger partial charge < -0.3 is 14.2 Å². The summed E-state index contributed by atoms with van der Waals surface area (Å²) in [6.07, 6.45) is 5.43. The number of carbonyl (C=O) groups is 1. The number of imidazole rings is 1. The predicted molar refractivity (Wildman–Crippen MR) is 87.7 cm³/mol. The molecule has 0 saturated heterocycles. The number of hydrogen-bond acceptors (Lipinski definition) is 3. The van der Waals surface area contributed by atoms with Crippen molar-refractivity contribution in [3.05, 3.63) is 47.7 Å². The predicted octanol–water partition coefficient (Wildman–Crippen LogP) is 2.83. The Morgan fingerprint density at radius 2 is 2.22 bits per heavy atom. The fourth-order valence-corrected chi connectivity index (χ4v) is 3.70. The Balaban J connectivity index is 1.78. The van der Waals surface area contributed by atoms with Crippen molar-refractivity contribution in [1.82, 2.24) is 14.1 Å². The number of aromatic nitrogens is 3. The molecular weight excluding hydrogens is 290 g/mol. The molecule has 3 aromatic rings. The van der Waals surface area contributed by atoms with Crippen LogP contribution in [0.2, 0.25) is 0 Å². The second kappa shape index (κ2) is 4.98. The minimum atomic E-state index is -0.0187. The van der Waals surface area contributed by atoms with E-state index in [-0.39, 0.29) is 17.5 Å². The summed E-state index contributed by atoms with van der Waals surface area (Å²) in [5.74, 6) is 1.35. The van der Waals surface area contributed by atoms with Gasteiger partial charge in [-0.1, -0.05) is 0 Å². The van der Waals surface area contributed by atoms with Crippen LogP contribution in [0.1, 0.15) is 28.3 Å². The van der Waals surface area contributed by atoms with E-state index in [1.807, 2.05) is 35.4 Å². The van der Waals surface area contributed by atoms with Gasteiger partial charge in [-0.3, -0.25) is 4.79 Å². The first-order valence-electron chi connectivity index (χ1n) is 7.88. The van der Waals surface area contributed by atoms with Crippen LogP contribution in [0.5, 0.6) is 5.75 Å². The number of hydrogen-bond donors (Lipinski definition) is 1. The summed E-state index contributed by atoms with van der Waals surface area (Å²) in [6.45, 7) is 2.64. The minimum absolute atomic E-state index is 0.0187. The number of aryl methyl sites for hydroxylation is 2. The van der Waals surface area contributed by atoms with Gasteiger partial charge in [-0.2, -0.15) is 0 Å². The van der Waals surface area contributed by atoms with Crippen LogP contribution in [0.25, 0.3) is 10.9 Å². The smallest absolute Gasteiger partial charge is 0.170 e. The lowest BCUT2D eigenvalue weighted by molar-refractivity contribution is 0.0888. The third kappa shape index (κ3) is 2.07. The zero-order chi connectivity index (χ0) is 16.1. The molecule has 1 N–H and O–H groups in total. The van der Waals surface area contributed by atoms with E-state index in [2.05, 4.69) is 4.98 Å². The lowest BCUT2D eigenvalue weighted by Gasteiger charge is -2.23. The molecule has 1 unspecified atom stereocenters.